The molecule has 1 N–H and O–H groups in total. The van der Waals surface area contributed by atoms with Crippen LogP contribution in [0.2, 0.25) is 0 Å². The number of hydrogen-bond acceptors (Lipinski definition) is 6. The van der Waals surface area contributed by atoms with Crippen LogP contribution in [-0.2, 0) is 4.79 Å². The zero-order valence-corrected chi connectivity index (χ0v) is 15.2. The van der Waals surface area contributed by atoms with Crippen molar-refractivity contribution in [3.05, 3.63) is 27.2 Å². The maximum Gasteiger partial charge on any atom is 0.240 e. The molecule has 7 heteroatoms. The summed E-state index contributed by atoms with van der Waals surface area (Å²) in [5.74, 6) is 0.388. The molecule has 2 heterocycles. The van der Waals surface area contributed by atoms with Crippen molar-refractivity contribution in [3.63, 3.8) is 0 Å². The van der Waals surface area contributed by atoms with Gasteiger partial charge in [0.1, 0.15) is 0 Å². The lowest BCUT2D eigenvalue weighted by molar-refractivity contribution is -0.117. The van der Waals surface area contributed by atoms with Gasteiger partial charge in [0, 0.05) is 28.4 Å². The van der Waals surface area contributed by atoms with Crippen LogP contribution >= 0.6 is 22.7 Å². The van der Waals surface area contributed by atoms with Crippen LogP contribution in [0.25, 0.3) is 0 Å². The zero-order valence-electron chi connectivity index (χ0n) is 13.6. The number of rotatable bonds is 6. The fraction of sp³-hybridized carbons (Fsp3) is 0.533. The minimum Gasteiger partial charge on any atom is -0.301 e. The van der Waals surface area contributed by atoms with Gasteiger partial charge in [-0.15, -0.1) is 22.7 Å². The predicted octanol–water partition coefficient (Wildman–Crippen LogP) is 3.66. The highest BCUT2D eigenvalue weighted by atomic mass is 32.1. The molecule has 0 aliphatic rings. The molecule has 0 spiro atoms. The zero-order chi connectivity index (χ0) is 16.3. The molecule has 0 radical (unpaired) electrons. The Kier molecular flexibility index (Phi) is 5.66. The number of hydrogen-bond donors (Lipinski definition) is 1. The fourth-order valence-electron chi connectivity index (χ4n) is 2.07. The molecule has 0 aliphatic heterocycles. The predicted molar refractivity (Wildman–Crippen MR) is 92.7 cm³/mol. The standard InChI is InChI=1S/C15H22N4OS2/c1-9(2)14-17-10(3)13(22-14)11(4)19(5)8-12(20)18-15-16-6-7-21-15/h6-7,9,11H,8H2,1-5H3,(H,16,18,20). The largest absolute Gasteiger partial charge is 0.301 e. The van der Waals surface area contributed by atoms with E-state index in [0.717, 1.165) is 10.7 Å². The van der Waals surface area contributed by atoms with Gasteiger partial charge in [-0.2, -0.15) is 0 Å². The number of thiazole rings is 2. The van der Waals surface area contributed by atoms with Gasteiger partial charge < -0.3 is 5.32 Å². The molecule has 0 aliphatic carbocycles. The average Bonchev–Trinajstić information content (AvgIpc) is 3.07. The van der Waals surface area contributed by atoms with Gasteiger partial charge in [0.05, 0.1) is 17.2 Å². The summed E-state index contributed by atoms with van der Waals surface area (Å²) in [6.45, 7) is 8.78. The fourth-order valence-corrected chi connectivity index (χ4v) is 3.80. The minimum absolute atomic E-state index is 0.0458. The summed E-state index contributed by atoms with van der Waals surface area (Å²) in [6.07, 6.45) is 1.68. The van der Waals surface area contributed by atoms with Gasteiger partial charge in [-0.3, -0.25) is 9.69 Å². The molecule has 2 aromatic rings. The number of nitrogens with zero attached hydrogens (tertiary/aromatic N) is 3. The first-order valence-electron chi connectivity index (χ1n) is 7.25. The second-order valence-electron chi connectivity index (χ2n) is 5.63. The van der Waals surface area contributed by atoms with Crippen LogP contribution in [0.3, 0.4) is 0 Å². The average molecular weight is 339 g/mol. The number of aromatic nitrogens is 2. The number of carbonyl (C=O) groups excluding carboxylic acids is 1. The van der Waals surface area contributed by atoms with Gasteiger partial charge in [-0.25, -0.2) is 9.97 Å². The molecule has 0 aromatic carbocycles. The Balaban J connectivity index is 1.99. The Morgan fingerprint density at radius 2 is 2.14 bits per heavy atom. The van der Waals surface area contributed by atoms with Crippen molar-refractivity contribution >= 4 is 33.7 Å². The molecule has 22 heavy (non-hydrogen) atoms. The molecule has 2 aromatic heterocycles. The van der Waals surface area contributed by atoms with Crippen LogP contribution in [0.1, 0.15) is 48.3 Å². The van der Waals surface area contributed by atoms with Crippen molar-refractivity contribution in [2.75, 3.05) is 18.9 Å². The van der Waals surface area contributed by atoms with Gasteiger partial charge >= 0.3 is 0 Å². The normalized spacial score (nSPS) is 12.9. The van der Waals surface area contributed by atoms with Crippen LogP contribution in [0, 0.1) is 6.92 Å². The van der Waals surface area contributed by atoms with Crippen molar-refractivity contribution in [1.29, 1.82) is 0 Å². The Hall–Kier alpha value is -1.31. The number of amides is 1. The van der Waals surface area contributed by atoms with E-state index in [4.69, 9.17) is 0 Å². The summed E-state index contributed by atoms with van der Waals surface area (Å²) in [5.41, 5.74) is 1.06. The van der Waals surface area contributed by atoms with E-state index in [1.807, 2.05) is 24.3 Å². The second-order valence-corrected chi connectivity index (χ2v) is 7.59. The quantitative estimate of drug-likeness (QED) is 0.873. The summed E-state index contributed by atoms with van der Waals surface area (Å²) >= 11 is 3.16. The first-order chi connectivity index (χ1) is 10.4. The lowest BCUT2D eigenvalue weighted by Gasteiger charge is -2.23. The number of carbonyl (C=O) groups is 1. The lowest BCUT2D eigenvalue weighted by Crippen LogP contribution is -2.32. The molecule has 0 bridgehead atoms. The molecule has 0 saturated heterocycles. The van der Waals surface area contributed by atoms with E-state index in [1.165, 1.54) is 16.2 Å². The highest BCUT2D eigenvalue weighted by molar-refractivity contribution is 7.13. The first kappa shape index (κ1) is 17.1. The van der Waals surface area contributed by atoms with E-state index in [2.05, 4.69) is 36.1 Å². The summed E-state index contributed by atoms with van der Waals surface area (Å²) in [4.78, 5) is 24.0. The number of likely N-dealkylation sites (N-methyl/N-ethyl adjacent to an activating group) is 1. The van der Waals surface area contributed by atoms with Gasteiger partial charge in [0.15, 0.2) is 5.13 Å². The summed E-state index contributed by atoms with van der Waals surface area (Å²) in [7, 11) is 1.96. The molecule has 5 nitrogen and oxygen atoms in total. The van der Waals surface area contributed by atoms with Crippen molar-refractivity contribution in [2.24, 2.45) is 0 Å². The molecule has 0 saturated carbocycles. The first-order valence-corrected chi connectivity index (χ1v) is 8.95. The van der Waals surface area contributed by atoms with E-state index in [1.54, 1.807) is 17.5 Å². The monoisotopic (exact) mass is 338 g/mol. The van der Waals surface area contributed by atoms with Crippen LogP contribution in [0.15, 0.2) is 11.6 Å². The summed E-state index contributed by atoms with van der Waals surface area (Å²) in [5, 5.41) is 6.45. The number of anilines is 1. The second kappa shape index (κ2) is 7.30. The molecule has 1 unspecified atom stereocenters. The smallest absolute Gasteiger partial charge is 0.240 e. The molecule has 1 atom stereocenters. The van der Waals surface area contributed by atoms with E-state index in [-0.39, 0.29) is 11.9 Å². The minimum atomic E-state index is -0.0458. The van der Waals surface area contributed by atoms with E-state index < -0.39 is 0 Å². The third-order valence-corrected chi connectivity index (χ3v) is 5.77. The SMILES string of the molecule is Cc1nc(C(C)C)sc1C(C)N(C)CC(=O)Nc1nccs1. The highest BCUT2D eigenvalue weighted by Gasteiger charge is 2.21. The Morgan fingerprint density at radius 1 is 1.41 bits per heavy atom. The Labute approximate surface area is 139 Å². The number of nitrogens with one attached hydrogen (secondary N) is 1. The third-order valence-electron chi connectivity index (χ3n) is 3.46. The van der Waals surface area contributed by atoms with Crippen LogP contribution in [0.5, 0.6) is 0 Å². The van der Waals surface area contributed by atoms with Crippen molar-refractivity contribution in [1.82, 2.24) is 14.9 Å². The van der Waals surface area contributed by atoms with E-state index in [9.17, 15) is 4.79 Å². The lowest BCUT2D eigenvalue weighted by atomic mass is 10.2. The molecule has 0 fully saturated rings. The van der Waals surface area contributed by atoms with Gasteiger partial charge in [-0.1, -0.05) is 13.8 Å². The Morgan fingerprint density at radius 3 is 2.68 bits per heavy atom. The highest BCUT2D eigenvalue weighted by Crippen LogP contribution is 2.31. The maximum absolute atomic E-state index is 12.1. The van der Waals surface area contributed by atoms with E-state index in [0.29, 0.717) is 17.6 Å². The molecule has 120 valence electrons. The summed E-state index contributed by atoms with van der Waals surface area (Å²) in [6, 6.07) is 0.159. The van der Waals surface area contributed by atoms with Crippen molar-refractivity contribution < 1.29 is 4.79 Å². The topological polar surface area (TPSA) is 58.1 Å². The number of aryl methyl sites for hydroxylation is 1. The molecule has 1 amide bonds. The Bertz CT molecular complexity index is 622. The molecular formula is C15H22N4OS2. The van der Waals surface area contributed by atoms with Gasteiger partial charge in [0.25, 0.3) is 0 Å². The van der Waals surface area contributed by atoms with Gasteiger partial charge in [0.2, 0.25) is 5.91 Å². The van der Waals surface area contributed by atoms with Crippen LogP contribution < -0.4 is 5.32 Å². The van der Waals surface area contributed by atoms with E-state index >= 15 is 0 Å². The maximum atomic E-state index is 12.1. The van der Waals surface area contributed by atoms with Crippen LogP contribution in [0.4, 0.5) is 5.13 Å². The molecule has 2 rings (SSSR count). The van der Waals surface area contributed by atoms with Crippen molar-refractivity contribution in [3.8, 4) is 0 Å². The van der Waals surface area contributed by atoms with Crippen LogP contribution in [-0.4, -0.2) is 34.4 Å². The third kappa shape index (κ3) is 4.12. The summed E-state index contributed by atoms with van der Waals surface area (Å²) < 4.78 is 0. The van der Waals surface area contributed by atoms with Gasteiger partial charge in [-0.05, 0) is 20.9 Å². The molecular weight excluding hydrogens is 316 g/mol. The van der Waals surface area contributed by atoms with Crippen molar-refractivity contribution in [2.45, 2.75) is 39.7 Å².